The molecule has 0 amide bonds. The van der Waals surface area contributed by atoms with Gasteiger partial charge in [-0.1, -0.05) is 112 Å². The van der Waals surface area contributed by atoms with Crippen LogP contribution in [-0.4, -0.2) is 4.98 Å². The third-order valence-corrected chi connectivity index (χ3v) is 5.36. The monoisotopic (exact) mass is 431 g/mol. The number of hydrogen-bond donors (Lipinski definition) is 0. The van der Waals surface area contributed by atoms with Crippen molar-refractivity contribution in [3.8, 4) is 33.4 Å². The number of aromatic nitrogens is 1. The molecule has 0 spiro atoms. The van der Waals surface area contributed by atoms with Crippen LogP contribution in [0, 0.1) is 0 Å². The highest BCUT2D eigenvalue weighted by Crippen LogP contribution is 2.49. The van der Waals surface area contributed by atoms with E-state index < -0.39 is 17.3 Å². The maximum Gasteiger partial charge on any atom is 0.433 e. The van der Waals surface area contributed by atoms with Gasteiger partial charge in [0.2, 0.25) is 0 Å². The predicted molar refractivity (Wildman–Crippen MR) is 124 cm³/mol. The van der Waals surface area contributed by atoms with Gasteiger partial charge in [0.1, 0.15) is 0 Å². The zero-order valence-electron chi connectivity index (χ0n) is 18.2. The van der Waals surface area contributed by atoms with Crippen molar-refractivity contribution in [2.45, 2.75) is 32.4 Å². The molecule has 0 N–H and O–H groups in total. The van der Waals surface area contributed by atoms with E-state index in [1.807, 2.05) is 81.4 Å². The second-order valence-corrected chi connectivity index (χ2v) is 8.78. The summed E-state index contributed by atoms with van der Waals surface area (Å²) in [6, 6.07) is 27.6. The molecular formula is C28H24F3N. The van der Waals surface area contributed by atoms with Crippen LogP contribution in [0.1, 0.15) is 32.2 Å². The fraction of sp³-hybridized carbons (Fsp3) is 0.179. The van der Waals surface area contributed by atoms with Crippen molar-refractivity contribution in [2.75, 3.05) is 0 Å². The van der Waals surface area contributed by atoms with Crippen LogP contribution in [0.15, 0.2) is 91.0 Å². The zero-order valence-corrected chi connectivity index (χ0v) is 18.2. The molecule has 0 aliphatic rings. The molecule has 3 aromatic carbocycles. The summed E-state index contributed by atoms with van der Waals surface area (Å²) < 4.78 is 43.4. The van der Waals surface area contributed by atoms with E-state index in [0.717, 1.165) is 16.7 Å². The van der Waals surface area contributed by atoms with Gasteiger partial charge >= 0.3 is 6.18 Å². The lowest BCUT2D eigenvalue weighted by atomic mass is 9.79. The van der Waals surface area contributed by atoms with Crippen LogP contribution in [0.2, 0.25) is 0 Å². The number of alkyl halides is 3. The van der Waals surface area contributed by atoms with Gasteiger partial charge in [-0.05, 0) is 16.7 Å². The van der Waals surface area contributed by atoms with Crippen LogP contribution in [0.5, 0.6) is 0 Å². The topological polar surface area (TPSA) is 12.9 Å². The summed E-state index contributed by atoms with van der Waals surface area (Å²) in [5.74, 6) is 0. The molecule has 0 radical (unpaired) electrons. The van der Waals surface area contributed by atoms with Crippen molar-refractivity contribution >= 4 is 0 Å². The van der Waals surface area contributed by atoms with Gasteiger partial charge < -0.3 is 0 Å². The Kier molecular flexibility index (Phi) is 5.64. The first-order valence-corrected chi connectivity index (χ1v) is 10.5. The molecule has 162 valence electrons. The number of nitrogens with zero attached hydrogens (tertiary/aromatic N) is 1. The summed E-state index contributed by atoms with van der Waals surface area (Å²) >= 11 is 0. The molecule has 0 fully saturated rings. The third kappa shape index (κ3) is 4.18. The highest BCUT2D eigenvalue weighted by atomic mass is 19.4. The van der Waals surface area contributed by atoms with Crippen molar-refractivity contribution in [1.29, 1.82) is 0 Å². The molecular weight excluding hydrogens is 407 g/mol. The van der Waals surface area contributed by atoms with Gasteiger partial charge in [0.25, 0.3) is 0 Å². The van der Waals surface area contributed by atoms with Crippen LogP contribution in [0.3, 0.4) is 0 Å². The number of pyridine rings is 1. The average molecular weight is 432 g/mol. The Bertz CT molecular complexity index is 1130. The summed E-state index contributed by atoms with van der Waals surface area (Å²) in [6.45, 7) is 5.71. The first kappa shape index (κ1) is 21.8. The molecule has 4 heteroatoms. The molecule has 32 heavy (non-hydrogen) atoms. The summed E-state index contributed by atoms with van der Waals surface area (Å²) in [6.07, 6.45) is -4.61. The Balaban J connectivity index is 2.28. The van der Waals surface area contributed by atoms with Gasteiger partial charge in [0.15, 0.2) is 5.69 Å². The largest absolute Gasteiger partial charge is 0.433 e. The van der Waals surface area contributed by atoms with Crippen molar-refractivity contribution in [3.05, 3.63) is 102 Å². The number of halogens is 3. The molecule has 0 saturated heterocycles. The fourth-order valence-corrected chi connectivity index (χ4v) is 4.00. The van der Waals surface area contributed by atoms with E-state index in [-0.39, 0.29) is 5.56 Å². The highest BCUT2D eigenvalue weighted by molar-refractivity contribution is 5.96. The van der Waals surface area contributed by atoms with E-state index in [0.29, 0.717) is 16.8 Å². The van der Waals surface area contributed by atoms with Crippen molar-refractivity contribution in [3.63, 3.8) is 0 Å². The number of rotatable bonds is 3. The smallest absolute Gasteiger partial charge is 0.246 e. The fourth-order valence-electron chi connectivity index (χ4n) is 4.00. The quantitative estimate of drug-likeness (QED) is 0.317. The van der Waals surface area contributed by atoms with Crippen LogP contribution in [0.25, 0.3) is 33.4 Å². The van der Waals surface area contributed by atoms with E-state index >= 15 is 0 Å². The second-order valence-electron chi connectivity index (χ2n) is 8.78. The normalized spacial score (nSPS) is 12.1. The SMILES string of the molecule is CC(C)(C)c1nc(C(F)(F)F)c(-c2ccccc2)c(-c2ccccc2)c1-c1ccccc1. The maximum atomic E-state index is 14.5. The van der Waals surface area contributed by atoms with E-state index in [1.165, 1.54) is 0 Å². The molecule has 0 atom stereocenters. The van der Waals surface area contributed by atoms with Gasteiger partial charge in [-0.3, -0.25) is 0 Å². The lowest BCUT2D eigenvalue weighted by molar-refractivity contribution is -0.140. The molecule has 0 aliphatic carbocycles. The first-order valence-electron chi connectivity index (χ1n) is 10.5. The molecule has 0 unspecified atom stereocenters. The molecule has 0 saturated carbocycles. The number of hydrogen-bond acceptors (Lipinski definition) is 1. The van der Waals surface area contributed by atoms with Gasteiger partial charge in [0.05, 0.1) is 5.69 Å². The molecule has 4 rings (SSSR count). The minimum atomic E-state index is -4.61. The lowest BCUT2D eigenvalue weighted by Gasteiger charge is -2.29. The minimum Gasteiger partial charge on any atom is -0.246 e. The van der Waals surface area contributed by atoms with Gasteiger partial charge in [-0.15, -0.1) is 0 Å². The van der Waals surface area contributed by atoms with Crippen LogP contribution < -0.4 is 0 Å². The zero-order chi connectivity index (χ0) is 22.9. The van der Waals surface area contributed by atoms with Gasteiger partial charge in [-0.25, -0.2) is 4.98 Å². The maximum absolute atomic E-state index is 14.5. The molecule has 0 aliphatic heterocycles. The Morgan fingerprint density at radius 1 is 0.500 bits per heavy atom. The van der Waals surface area contributed by atoms with Gasteiger partial charge in [0, 0.05) is 22.1 Å². The van der Waals surface area contributed by atoms with Crippen LogP contribution in [0.4, 0.5) is 13.2 Å². The van der Waals surface area contributed by atoms with Crippen molar-refractivity contribution in [1.82, 2.24) is 4.98 Å². The molecule has 1 heterocycles. The van der Waals surface area contributed by atoms with Crippen molar-refractivity contribution < 1.29 is 13.2 Å². The molecule has 0 bridgehead atoms. The van der Waals surface area contributed by atoms with E-state index in [1.54, 1.807) is 30.3 Å². The molecule has 1 nitrogen and oxygen atoms in total. The third-order valence-electron chi connectivity index (χ3n) is 5.36. The Morgan fingerprint density at radius 3 is 1.19 bits per heavy atom. The summed E-state index contributed by atoms with van der Waals surface area (Å²) in [7, 11) is 0. The van der Waals surface area contributed by atoms with E-state index in [2.05, 4.69) is 4.98 Å². The molecule has 1 aromatic heterocycles. The minimum absolute atomic E-state index is 0.108. The Labute approximate surface area is 186 Å². The standard InChI is InChI=1S/C28H24F3N/c1-27(2,3)25-23(20-15-9-5-10-16-20)22(19-13-7-4-8-14-19)24(21-17-11-6-12-18-21)26(32-25)28(29,30)31/h4-18H,1-3H3. The lowest BCUT2D eigenvalue weighted by Crippen LogP contribution is -2.21. The predicted octanol–water partition coefficient (Wildman–Crippen LogP) is 8.40. The first-order chi connectivity index (χ1) is 15.2. The van der Waals surface area contributed by atoms with Crippen molar-refractivity contribution in [2.24, 2.45) is 0 Å². The Hall–Kier alpha value is -3.40. The summed E-state index contributed by atoms with van der Waals surface area (Å²) in [5, 5.41) is 0. The van der Waals surface area contributed by atoms with Gasteiger partial charge in [-0.2, -0.15) is 13.2 Å². The summed E-state index contributed by atoms with van der Waals surface area (Å²) in [5.41, 5.74) is 2.41. The highest BCUT2D eigenvalue weighted by Gasteiger charge is 2.40. The summed E-state index contributed by atoms with van der Waals surface area (Å²) in [4.78, 5) is 4.33. The Morgan fingerprint density at radius 2 is 0.844 bits per heavy atom. The molecule has 4 aromatic rings. The average Bonchev–Trinajstić information content (AvgIpc) is 2.78. The van der Waals surface area contributed by atoms with E-state index in [9.17, 15) is 13.2 Å². The second kappa shape index (κ2) is 8.27. The van der Waals surface area contributed by atoms with Crippen LogP contribution >= 0.6 is 0 Å². The number of benzene rings is 3. The van der Waals surface area contributed by atoms with Crippen LogP contribution in [-0.2, 0) is 11.6 Å². The van der Waals surface area contributed by atoms with E-state index in [4.69, 9.17) is 0 Å².